The number of amides is 1. The topological polar surface area (TPSA) is 88.4 Å². The van der Waals surface area contributed by atoms with Crippen molar-refractivity contribution in [3.05, 3.63) is 34.2 Å². The molecule has 0 aliphatic carbocycles. The van der Waals surface area contributed by atoms with E-state index in [1.54, 1.807) is 26.1 Å². The van der Waals surface area contributed by atoms with Crippen molar-refractivity contribution in [2.24, 2.45) is 0 Å². The lowest BCUT2D eigenvalue weighted by atomic mass is 10.0. The zero-order valence-corrected chi connectivity index (χ0v) is 12.0. The molecule has 0 saturated heterocycles. The van der Waals surface area contributed by atoms with Crippen molar-refractivity contribution in [1.82, 2.24) is 9.88 Å². The van der Waals surface area contributed by atoms with Crippen LogP contribution in [0.3, 0.4) is 0 Å². The minimum Gasteiger partial charge on any atom is -0.481 e. The molecule has 1 heterocycles. The van der Waals surface area contributed by atoms with E-state index in [1.807, 2.05) is 6.92 Å². The Morgan fingerprint density at radius 3 is 2.60 bits per heavy atom. The Bertz CT molecular complexity index is 561. The summed E-state index contributed by atoms with van der Waals surface area (Å²) in [5, 5.41) is 11.2. The number of carbonyl (C=O) groups excluding carboxylic acids is 1. The normalized spacial score (nSPS) is 11.2. The summed E-state index contributed by atoms with van der Waals surface area (Å²) >= 11 is 0. The molecule has 0 atom stereocenters. The standard InChI is InChI=1S/C14H20N2O4/c1-10-6-8-16(11(17)9-10)14(2,3)13(20)15-7-4-5-12(18)19/h6,8-9H,4-5,7H2,1-3H3,(H,15,20)(H,18,19). The van der Waals surface area contributed by atoms with Crippen molar-refractivity contribution in [1.29, 1.82) is 0 Å². The number of hydrogen-bond acceptors (Lipinski definition) is 3. The number of nitrogens with zero attached hydrogens (tertiary/aromatic N) is 1. The lowest BCUT2D eigenvalue weighted by Crippen LogP contribution is -2.48. The molecule has 0 bridgehead atoms. The van der Waals surface area contributed by atoms with Crippen LogP contribution in [0.4, 0.5) is 0 Å². The highest BCUT2D eigenvalue weighted by Gasteiger charge is 2.29. The van der Waals surface area contributed by atoms with Gasteiger partial charge in [0.2, 0.25) is 5.91 Å². The summed E-state index contributed by atoms with van der Waals surface area (Å²) in [5.41, 5.74) is -0.423. The fraction of sp³-hybridized carbons (Fsp3) is 0.500. The average Bonchev–Trinajstić information content (AvgIpc) is 2.33. The molecule has 0 aliphatic heterocycles. The summed E-state index contributed by atoms with van der Waals surface area (Å²) in [7, 11) is 0. The minimum atomic E-state index is -1.02. The number of aromatic nitrogens is 1. The predicted molar refractivity (Wildman–Crippen MR) is 74.6 cm³/mol. The van der Waals surface area contributed by atoms with E-state index in [-0.39, 0.29) is 24.4 Å². The van der Waals surface area contributed by atoms with Gasteiger partial charge in [-0.25, -0.2) is 0 Å². The highest BCUT2D eigenvalue weighted by Crippen LogP contribution is 2.13. The van der Waals surface area contributed by atoms with Gasteiger partial charge in [-0.05, 0) is 38.8 Å². The molecule has 2 N–H and O–H groups in total. The van der Waals surface area contributed by atoms with Crippen molar-refractivity contribution in [2.45, 2.75) is 39.2 Å². The summed E-state index contributed by atoms with van der Waals surface area (Å²) < 4.78 is 1.37. The van der Waals surface area contributed by atoms with Gasteiger partial charge in [-0.15, -0.1) is 0 Å². The molecule has 0 spiro atoms. The number of carboxylic acid groups (broad SMARTS) is 1. The van der Waals surface area contributed by atoms with Crippen LogP contribution in [0.2, 0.25) is 0 Å². The van der Waals surface area contributed by atoms with E-state index in [9.17, 15) is 14.4 Å². The number of nitrogens with one attached hydrogen (secondary N) is 1. The molecule has 6 heteroatoms. The molecule has 0 aromatic carbocycles. The van der Waals surface area contributed by atoms with Gasteiger partial charge in [0, 0.05) is 25.2 Å². The summed E-state index contributed by atoms with van der Waals surface area (Å²) in [5.74, 6) is -1.21. The number of rotatable bonds is 6. The van der Waals surface area contributed by atoms with Gasteiger partial charge in [0.1, 0.15) is 5.54 Å². The van der Waals surface area contributed by atoms with Crippen LogP contribution in [0.25, 0.3) is 0 Å². The molecule has 20 heavy (non-hydrogen) atoms. The highest BCUT2D eigenvalue weighted by atomic mass is 16.4. The maximum Gasteiger partial charge on any atom is 0.303 e. The first kappa shape index (κ1) is 15.9. The first-order valence-electron chi connectivity index (χ1n) is 6.45. The molecule has 1 aromatic rings. The van der Waals surface area contributed by atoms with E-state index >= 15 is 0 Å². The second-order valence-electron chi connectivity index (χ2n) is 5.22. The van der Waals surface area contributed by atoms with Crippen LogP contribution in [-0.4, -0.2) is 28.1 Å². The number of aliphatic carboxylic acids is 1. The molecule has 0 saturated carbocycles. The van der Waals surface area contributed by atoms with E-state index in [0.717, 1.165) is 5.56 Å². The Hall–Kier alpha value is -2.11. The van der Waals surface area contributed by atoms with Crippen LogP contribution in [0, 0.1) is 6.92 Å². The van der Waals surface area contributed by atoms with Gasteiger partial charge < -0.3 is 15.0 Å². The van der Waals surface area contributed by atoms with Crippen LogP contribution < -0.4 is 10.9 Å². The zero-order valence-electron chi connectivity index (χ0n) is 12.0. The van der Waals surface area contributed by atoms with Gasteiger partial charge in [-0.2, -0.15) is 0 Å². The third kappa shape index (κ3) is 3.94. The Morgan fingerprint density at radius 2 is 2.05 bits per heavy atom. The molecule has 1 amide bonds. The van der Waals surface area contributed by atoms with Crippen LogP contribution in [-0.2, 0) is 15.1 Å². The molecule has 0 unspecified atom stereocenters. The van der Waals surface area contributed by atoms with Crippen molar-refractivity contribution in [3.8, 4) is 0 Å². The van der Waals surface area contributed by atoms with Crippen molar-refractivity contribution in [2.75, 3.05) is 6.54 Å². The SMILES string of the molecule is Cc1ccn(C(C)(C)C(=O)NCCCC(=O)O)c(=O)c1. The lowest BCUT2D eigenvalue weighted by Gasteiger charge is -2.26. The number of pyridine rings is 1. The van der Waals surface area contributed by atoms with E-state index < -0.39 is 11.5 Å². The molecule has 6 nitrogen and oxygen atoms in total. The largest absolute Gasteiger partial charge is 0.481 e. The van der Waals surface area contributed by atoms with Crippen molar-refractivity contribution in [3.63, 3.8) is 0 Å². The second kappa shape index (κ2) is 6.36. The van der Waals surface area contributed by atoms with E-state index in [0.29, 0.717) is 6.42 Å². The maximum absolute atomic E-state index is 12.1. The van der Waals surface area contributed by atoms with E-state index in [2.05, 4.69) is 5.32 Å². The van der Waals surface area contributed by atoms with Gasteiger partial charge in [-0.3, -0.25) is 14.4 Å². The van der Waals surface area contributed by atoms with Crippen LogP contribution >= 0.6 is 0 Å². The predicted octanol–water partition coefficient (Wildman–Crippen LogP) is 0.873. The summed E-state index contributed by atoms with van der Waals surface area (Å²) in [6.45, 7) is 5.38. The third-order valence-corrected chi connectivity index (χ3v) is 3.09. The molecule has 0 aliphatic rings. The number of carboxylic acids is 1. The Balaban J connectivity index is 2.74. The smallest absolute Gasteiger partial charge is 0.303 e. The van der Waals surface area contributed by atoms with Crippen LogP contribution in [0.1, 0.15) is 32.3 Å². The Kier molecular flexibility index (Phi) is 5.07. The lowest BCUT2D eigenvalue weighted by molar-refractivity contribution is -0.137. The first-order chi connectivity index (χ1) is 9.25. The monoisotopic (exact) mass is 280 g/mol. The summed E-state index contributed by atoms with van der Waals surface area (Å²) in [6, 6.07) is 3.24. The van der Waals surface area contributed by atoms with E-state index in [4.69, 9.17) is 5.11 Å². The number of carbonyl (C=O) groups is 2. The van der Waals surface area contributed by atoms with Crippen LogP contribution in [0.5, 0.6) is 0 Å². The molecular weight excluding hydrogens is 260 g/mol. The molecule has 0 fully saturated rings. The van der Waals surface area contributed by atoms with Gasteiger partial charge in [0.05, 0.1) is 0 Å². The Labute approximate surface area is 117 Å². The Morgan fingerprint density at radius 1 is 1.40 bits per heavy atom. The summed E-state index contributed by atoms with van der Waals surface area (Å²) in [4.78, 5) is 34.4. The quantitative estimate of drug-likeness (QED) is 0.757. The van der Waals surface area contributed by atoms with Crippen LogP contribution in [0.15, 0.2) is 23.1 Å². The molecule has 1 aromatic heterocycles. The maximum atomic E-state index is 12.1. The average molecular weight is 280 g/mol. The fourth-order valence-corrected chi connectivity index (χ4v) is 1.81. The number of aryl methyl sites for hydroxylation is 1. The number of hydrogen-bond donors (Lipinski definition) is 2. The molecular formula is C14H20N2O4. The van der Waals surface area contributed by atoms with Crippen molar-refractivity contribution >= 4 is 11.9 Å². The van der Waals surface area contributed by atoms with Crippen molar-refractivity contribution < 1.29 is 14.7 Å². The van der Waals surface area contributed by atoms with Gasteiger partial charge in [0.15, 0.2) is 0 Å². The van der Waals surface area contributed by atoms with Gasteiger partial charge in [0.25, 0.3) is 5.56 Å². The highest BCUT2D eigenvalue weighted by molar-refractivity contribution is 5.83. The fourth-order valence-electron chi connectivity index (χ4n) is 1.81. The van der Waals surface area contributed by atoms with Gasteiger partial charge in [-0.1, -0.05) is 0 Å². The first-order valence-corrected chi connectivity index (χ1v) is 6.45. The molecule has 1 rings (SSSR count). The zero-order chi connectivity index (χ0) is 15.3. The second-order valence-corrected chi connectivity index (χ2v) is 5.22. The third-order valence-electron chi connectivity index (χ3n) is 3.09. The van der Waals surface area contributed by atoms with Gasteiger partial charge >= 0.3 is 5.97 Å². The molecule has 0 radical (unpaired) electrons. The van der Waals surface area contributed by atoms with E-state index in [1.165, 1.54) is 10.6 Å². The summed E-state index contributed by atoms with van der Waals surface area (Å²) in [6.07, 6.45) is 1.96. The molecule has 110 valence electrons. The minimum absolute atomic E-state index is 0.00515.